The summed E-state index contributed by atoms with van der Waals surface area (Å²) in [4.78, 5) is 24.6. The molecule has 28 heavy (non-hydrogen) atoms. The van der Waals surface area contributed by atoms with Gasteiger partial charge < -0.3 is 16.4 Å². The van der Waals surface area contributed by atoms with Crippen molar-refractivity contribution in [3.8, 4) is 0 Å². The summed E-state index contributed by atoms with van der Waals surface area (Å²) >= 11 is 0. The van der Waals surface area contributed by atoms with Gasteiger partial charge >= 0.3 is 0 Å². The highest BCUT2D eigenvalue weighted by Crippen LogP contribution is 2.15. The Bertz CT molecular complexity index is 1010. The van der Waals surface area contributed by atoms with Crippen LogP contribution in [0.25, 0.3) is 0 Å². The van der Waals surface area contributed by atoms with Crippen molar-refractivity contribution in [1.82, 2.24) is 15.0 Å². The molecule has 1 aromatic heterocycles. The first-order valence-electron chi connectivity index (χ1n) is 8.46. The molecule has 0 saturated heterocycles. The largest absolute Gasteiger partial charge is 0.382 e. The molecule has 0 saturated carbocycles. The Labute approximate surface area is 160 Å². The van der Waals surface area contributed by atoms with E-state index in [0.29, 0.717) is 11.4 Å². The Balaban J connectivity index is 1.67. The third-order valence-electron chi connectivity index (χ3n) is 3.89. The molecule has 0 unspecified atom stereocenters. The number of nitrogens with one attached hydrogen (secondary N) is 2. The minimum absolute atomic E-state index is 0.0461. The Kier molecular flexibility index (Phi) is 5.35. The molecule has 3 aromatic rings. The average molecular weight is 382 g/mol. The molecule has 0 atom stereocenters. The standard InChI is InChI=1S/C19H19FN6O2/c1-11-7-12(2)9-15(8-11)22-16(27)10-26-18(21)17(24-25-26)19(28)23-14-5-3-13(20)4-6-14/h3-9H,10,21H2,1-2H3,(H,22,27)(H,23,28). The van der Waals surface area contributed by atoms with E-state index in [1.807, 2.05) is 32.0 Å². The fourth-order valence-corrected chi connectivity index (χ4v) is 2.71. The Hall–Kier alpha value is -3.75. The number of rotatable bonds is 5. The van der Waals surface area contributed by atoms with Crippen LogP contribution >= 0.6 is 0 Å². The lowest BCUT2D eigenvalue weighted by Crippen LogP contribution is -2.21. The normalized spacial score (nSPS) is 10.5. The van der Waals surface area contributed by atoms with E-state index in [9.17, 15) is 14.0 Å². The highest BCUT2D eigenvalue weighted by atomic mass is 19.1. The molecule has 3 rings (SSSR count). The summed E-state index contributed by atoms with van der Waals surface area (Å²) < 4.78 is 14.1. The lowest BCUT2D eigenvalue weighted by Gasteiger charge is -2.08. The van der Waals surface area contributed by atoms with Gasteiger partial charge in [-0.1, -0.05) is 11.3 Å². The molecule has 8 nitrogen and oxygen atoms in total. The van der Waals surface area contributed by atoms with Crippen LogP contribution in [0.15, 0.2) is 42.5 Å². The minimum Gasteiger partial charge on any atom is -0.382 e. The van der Waals surface area contributed by atoms with E-state index >= 15 is 0 Å². The Morgan fingerprint density at radius 3 is 2.32 bits per heavy atom. The number of carbonyl (C=O) groups is 2. The molecular weight excluding hydrogens is 363 g/mol. The zero-order chi connectivity index (χ0) is 20.3. The maximum absolute atomic E-state index is 12.9. The van der Waals surface area contributed by atoms with Crippen LogP contribution in [0.2, 0.25) is 0 Å². The summed E-state index contributed by atoms with van der Waals surface area (Å²) in [7, 11) is 0. The average Bonchev–Trinajstić information content (AvgIpc) is 2.96. The van der Waals surface area contributed by atoms with E-state index in [4.69, 9.17) is 5.73 Å². The van der Waals surface area contributed by atoms with Crippen molar-refractivity contribution in [2.45, 2.75) is 20.4 Å². The summed E-state index contributed by atoms with van der Waals surface area (Å²) in [5, 5.41) is 12.8. The number of nitrogens with two attached hydrogens (primary N) is 1. The zero-order valence-electron chi connectivity index (χ0n) is 15.4. The van der Waals surface area contributed by atoms with E-state index in [0.717, 1.165) is 15.8 Å². The third kappa shape index (κ3) is 4.50. The summed E-state index contributed by atoms with van der Waals surface area (Å²) in [5.41, 5.74) is 8.88. The molecule has 1 heterocycles. The molecule has 0 fully saturated rings. The SMILES string of the molecule is Cc1cc(C)cc(NC(=O)Cn2nnc(C(=O)Nc3ccc(F)cc3)c2N)c1. The smallest absolute Gasteiger partial charge is 0.280 e. The maximum atomic E-state index is 12.9. The summed E-state index contributed by atoms with van der Waals surface area (Å²) in [6, 6.07) is 10.9. The van der Waals surface area contributed by atoms with Crippen LogP contribution in [0.1, 0.15) is 21.6 Å². The van der Waals surface area contributed by atoms with Crippen molar-refractivity contribution < 1.29 is 14.0 Å². The molecule has 2 amide bonds. The van der Waals surface area contributed by atoms with Gasteiger partial charge in [-0.2, -0.15) is 0 Å². The minimum atomic E-state index is -0.606. The Morgan fingerprint density at radius 2 is 1.68 bits per heavy atom. The molecule has 4 N–H and O–H groups in total. The van der Waals surface area contributed by atoms with E-state index < -0.39 is 11.7 Å². The molecule has 0 aliphatic carbocycles. The van der Waals surface area contributed by atoms with Gasteiger partial charge in [0.25, 0.3) is 5.91 Å². The van der Waals surface area contributed by atoms with Gasteiger partial charge in [0, 0.05) is 11.4 Å². The Morgan fingerprint density at radius 1 is 1.04 bits per heavy atom. The number of aryl methyl sites for hydroxylation is 2. The van der Waals surface area contributed by atoms with Gasteiger partial charge in [0.2, 0.25) is 5.91 Å². The lowest BCUT2D eigenvalue weighted by atomic mass is 10.1. The van der Waals surface area contributed by atoms with Crippen molar-refractivity contribution in [1.29, 1.82) is 0 Å². The van der Waals surface area contributed by atoms with E-state index in [-0.39, 0.29) is 24.0 Å². The van der Waals surface area contributed by atoms with Gasteiger partial charge in [-0.3, -0.25) is 9.59 Å². The van der Waals surface area contributed by atoms with Crippen molar-refractivity contribution >= 4 is 29.0 Å². The first-order chi connectivity index (χ1) is 13.3. The fourth-order valence-electron chi connectivity index (χ4n) is 2.71. The second kappa shape index (κ2) is 7.87. The first-order valence-corrected chi connectivity index (χ1v) is 8.46. The second-order valence-electron chi connectivity index (χ2n) is 6.37. The maximum Gasteiger partial charge on any atom is 0.280 e. The van der Waals surface area contributed by atoms with Crippen molar-refractivity contribution in [3.63, 3.8) is 0 Å². The number of anilines is 3. The summed E-state index contributed by atoms with van der Waals surface area (Å²) in [6.07, 6.45) is 0. The highest BCUT2D eigenvalue weighted by Gasteiger charge is 2.19. The van der Waals surface area contributed by atoms with Crippen molar-refractivity contribution in [3.05, 3.63) is 65.1 Å². The van der Waals surface area contributed by atoms with E-state index in [1.54, 1.807) is 0 Å². The molecule has 0 spiro atoms. The van der Waals surface area contributed by atoms with Crippen molar-refractivity contribution in [2.24, 2.45) is 0 Å². The monoisotopic (exact) mass is 382 g/mol. The van der Waals surface area contributed by atoms with Crippen LogP contribution in [0.3, 0.4) is 0 Å². The van der Waals surface area contributed by atoms with Gasteiger partial charge in [0.1, 0.15) is 12.4 Å². The van der Waals surface area contributed by atoms with Crippen LogP contribution in [0.4, 0.5) is 21.6 Å². The van der Waals surface area contributed by atoms with Gasteiger partial charge in [-0.25, -0.2) is 9.07 Å². The zero-order valence-corrected chi connectivity index (χ0v) is 15.4. The quantitative estimate of drug-likeness (QED) is 0.627. The number of nitrogens with zero attached hydrogens (tertiary/aromatic N) is 3. The number of carbonyl (C=O) groups excluding carboxylic acids is 2. The second-order valence-corrected chi connectivity index (χ2v) is 6.37. The predicted molar refractivity (Wildman–Crippen MR) is 103 cm³/mol. The topological polar surface area (TPSA) is 115 Å². The number of hydrogen-bond donors (Lipinski definition) is 3. The number of hydrogen-bond acceptors (Lipinski definition) is 5. The van der Waals surface area contributed by atoms with Gasteiger partial charge in [-0.15, -0.1) is 5.10 Å². The molecule has 144 valence electrons. The third-order valence-corrected chi connectivity index (χ3v) is 3.89. The van der Waals surface area contributed by atoms with Crippen LogP contribution in [-0.4, -0.2) is 26.8 Å². The summed E-state index contributed by atoms with van der Waals surface area (Å²) in [6.45, 7) is 3.67. The fraction of sp³-hybridized carbons (Fsp3) is 0.158. The number of aromatic nitrogens is 3. The predicted octanol–water partition coefficient (Wildman–Crippen LogP) is 2.51. The van der Waals surface area contributed by atoms with Crippen LogP contribution in [-0.2, 0) is 11.3 Å². The summed E-state index contributed by atoms with van der Waals surface area (Å²) in [5.74, 6) is -1.43. The number of halogens is 1. The molecule has 9 heteroatoms. The van der Waals surface area contributed by atoms with Crippen LogP contribution < -0.4 is 16.4 Å². The number of benzene rings is 2. The highest BCUT2D eigenvalue weighted by molar-refractivity contribution is 6.05. The molecule has 0 aliphatic rings. The lowest BCUT2D eigenvalue weighted by molar-refractivity contribution is -0.116. The van der Waals surface area contributed by atoms with Gasteiger partial charge in [0.05, 0.1) is 0 Å². The van der Waals surface area contributed by atoms with Gasteiger partial charge in [0.15, 0.2) is 11.5 Å². The van der Waals surface area contributed by atoms with Crippen molar-refractivity contribution in [2.75, 3.05) is 16.4 Å². The molecule has 0 radical (unpaired) electrons. The molecule has 0 bridgehead atoms. The number of amides is 2. The molecule has 2 aromatic carbocycles. The van der Waals surface area contributed by atoms with E-state index in [1.165, 1.54) is 24.3 Å². The van der Waals surface area contributed by atoms with Gasteiger partial charge in [-0.05, 0) is 61.4 Å². The van der Waals surface area contributed by atoms with Crippen LogP contribution in [0.5, 0.6) is 0 Å². The molecular formula is C19H19FN6O2. The van der Waals surface area contributed by atoms with E-state index in [2.05, 4.69) is 20.9 Å². The first kappa shape index (κ1) is 19.0. The molecule has 0 aliphatic heterocycles. The number of nitrogen functional groups attached to an aromatic ring is 1. The van der Waals surface area contributed by atoms with Crippen LogP contribution in [0, 0.1) is 19.7 Å².